The largest absolute Gasteiger partial charge is 0.480 e. The lowest BCUT2D eigenvalue weighted by Crippen LogP contribution is -2.41. The standard InChI is InChI=1S/C14H21N3O3/c1-9-3-4-11(10(2)7-9)17-13(18)8-12(14(19)20)16-6-5-15/h3-4,7,12,16H,5-6,8,15H2,1-2H3,(H,17,18)(H,19,20). The van der Waals surface area contributed by atoms with Crippen molar-refractivity contribution in [2.45, 2.75) is 26.3 Å². The van der Waals surface area contributed by atoms with Gasteiger partial charge in [0.05, 0.1) is 6.42 Å². The number of carboxylic acids is 1. The zero-order valence-corrected chi connectivity index (χ0v) is 11.8. The summed E-state index contributed by atoms with van der Waals surface area (Å²) in [7, 11) is 0. The van der Waals surface area contributed by atoms with Gasteiger partial charge in [-0.15, -0.1) is 0 Å². The number of aliphatic carboxylic acids is 1. The van der Waals surface area contributed by atoms with E-state index in [1.807, 2.05) is 32.0 Å². The molecule has 1 rings (SSSR count). The first-order valence-corrected chi connectivity index (χ1v) is 6.47. The predicted molar refractivity (Wildman–Crippen MR) is 77.6 cm³/mol. The van der Waals surface area contributed by atoms with Crippen LogP contribution >= 0.6 is 0 Å². The number of amides is 1. The Kier molecular flexibility index (Phi) is 6.14. The van der Waals surface area contributed by atoms with Crippen LogP contribution in [0.15, 0.2) is 18.2 Å². The third-order valence-electron chi connectivity index (χ3n) is 2.88. The molecule has 0 saturated carbocycles. The number of anilines is 1. The Bertz CT molecular complexity index is 489. The van der Waals surface area contributed by atoms with E-state index in [-0.39, 0.29) is 12.3 Å². The second kappa shape index (κ2) is 7.62. The lowest BCUT2D eigenvalue weighted by atomic mass is 10.1. The van der Waals surface area contributed by atoms with Gasteiger partial charge in [0.1, 0.15) is 6.04 Å². The molecule has 0 saturated heterocycles. The van der Waals surface area contributed by atoms with Gasteiger partial charge in [0.15, 0.2) is 0 Å². The van der Waals surface area contributed by atoms with Crippen molar-refractivity contribution in [2.24, 2.45) is 5.73 Å². The molecule has 0 fully saturated rings. The van der Waals surface area contributed by atoms with Crippen molar-refractivity contribution in [3.63, 3.8) is 0 Å². The highest BCUT2D eigenvalue weighted by Gasteiger charge is 2.20. The molecule has 6 heteroatoms. The summed E-state index contributed by atoms with van der Waals surface area (Å²) in [6.07, 6.45) is -0.136. The number of hydrogen-bond acceptors (Lipinski definition) is 4. The summed E-state index contributed by atoms with van der Waals surface area (Å²) in [5.41, 5.74) is 8.06. The van der Waals surface area contributed by atoms with Gasteiger partial charge >= 0.3 is 5.97 Å². The molecule has 0 aromatic heterocycles. The van der Waals surface area contributed by atoms with Crippen molar-refractivity contribution >= 4 is 17.6 Å². The first-order chi connectivity index (χ1) is 9.43. The maximum atomic E-state index is 11.9. The maximum Gasteiger partial charge on any atom is 0.321 e. The third-order valence-corrected chi connectivity index (χ3v) is 2.88. The van der Waals surface area contributed by atoms with Gasteiger partial charge in [-0.3, -0.25) is 9.59 Å². The Hall–Kier alpha value is -1.92. The Morgan fingerprint density at radius 2 is 2.05 bits per heavy atom. The Labute approximate surface area is 118 Å². The highest BCUT2D eigenvalue weighted by Crippen LogP contribution is 2.16. The molecule has 1 unspecified atom stereocenters. The van der Waals surface area contributed by atoms with Gasteiger partial charge in [0, 0.05) is 18.8 Å². The average Bonchev–Trinajstić information content (AvgIpc) is 2.37. The Morgan fingerprint density at radius 1 is 1.35 bits per heavy atom. The number of carboxylic acid groups (broad SMARTS) is 1. The lowest BCUT2D eigenvalue weighted by Gasteiger charge is -2.14. The van der Waals surface area contributed by atoms with Crippen LogP contribution in [0, 0.1) is 13.8 Å². The minimum Gasteiger partial charge on any atom is -0.480 e. The molecule has 0 spiro atoms. The van der Waals surface area contributed by atoms with E-state index in [1.54, 1.807) is 0 Å². The number of nitrogens with one attached hydrogen (secondary N) is 2. The number of carbonyl (C=O) groups excluding carboxylic acids is 1. The molecule has 0 aliphatic heterocycles. The van der Waals surface area contributed by atoms with Crippen molar-refractivity contribution in [1.82, 2.24) is 5.32 Å². The first-order valence-electron chi connectivity index (χ1n) is 6.47. The minimum atomic E-state index is -1.06. The molecule has 1 atom stereocenters. The van der Waals surface area contributed by atoms with Crippen molar-refractivity contribution in [1.29, 1.82) is 0 Å². The van der Waals surface area contributed by atoms with Crippen LogP contribution in [0.3, 0.4) is 0 Å². The smallest absolute Gasteiger partial charge is 0.321 e. The third kappa shape index (κ3) is 4.99. The zero-order valence-electron chi connectivity index (χ0n) is 11.8. The maximum absolute atomic E-state index is 11.9. The molecule has 1 aromatic rings. The topological polar surface area (TPSA) is 104 Å². The quantitative estimate of drug-likeness (QED) is 0.586. The van der Waals surface area contributed by atoms with Gasteiger partial charge in [-0.05, 0) is 25.5 Å². The van der Waals surface area contributed by atoms with Crippen LogP contribution in [-0.2, 0) is 9.59 Å². The second-order valence-electron chi connectivity index (χ2n) is 4.70. The van der Waals surface area contributed by atoms with E-state index in [1.165, 1.54) is 0 Å². The summed E-state index contributed by atoms with van der Waals surface area (Å²) in [6, 6.07) is 4.73. The Balaban J connectivity index is 2.63. The molecule has 5 N–H and O–H groups in total. The minimum absolute atomic E-state index is 0.136. The van der Waals surface area contributed by atoms with Gasteiger partial charge in [-0.2, -0.15) is 0 Å². The van der Waals surface area contributed by atoms with Crippen LogP contribution in [0.1, 0.15) is 17.5 Å². The molecule has 0 bridgehead atoms. The zero-order chi connectivity index (χ0) is 15.1. The second-order valence-corrected chi connectivity index (χ2v) is 4.70. The van der Waals surface area contributed by atoms with Gasteiger partial charge in [0.2, 0.25) is 5.91 Å². The first kappa shape index (κ1) is 16.1. The van der Waals surface area contributed by atoms with E-state index >= 15 is 0 Å². The van der Waals surface area contributed by atoms with Crippen LogP contribution in [0.2, 0.25) is 0 Å². The van der Waals surface area contributed by atoms with Crippen LogP contribution in [0.5, 0.6) is 0 Å². The molecule has 110 valence electrons. The monoisotopic (exact) mass is 279 g/mol. The molecule has 20 heavy (non-hydrogen) atoms. The van der Waals surface area contributed by atoms with Crippen molar-refractivity contribution in [3.05, 3.63) is 29.3 Å². The summed E-state index contributed by atoms with van der Waals surface area (Å²) in [5.74, 6) is -1.40. The number of carbonyl (C=O) groups is 2. The SMILES string of the molecule is Cc1ccc(NC(=O)CC(NCCN)C(=O)O)c(C)c1. The van der Waals surface area contributed by atoms with E-state index in [2.05, 4.69) is 10.6 Å². The normalized spacial score (nSPS) is 11.9. The van der Waals surface area contributed by atoms with Gasteiger partial charge in [0.25, 0.3) is 0 Å². The van der Waals surface area contributed by atoms with E-state index in [0.717, 1.165) is 11.1 Å². The van der Waals surface area contributed by atoms with Crippen molar-refractivity contribution in [3.8, 4) is 0 Å². The van der Waals surface area contributed by atoms with Crippen LogP contribution in [0.25, 0.3) is 0 Å². The highest BCUT2D eigenvalue weighted by molar-refractivity contribution is 5.94. The molecule has 0 radical (unpaired) electrons. The predicted octanol–water partition coefficient (Wildman–Crippen LogP) is 0.634. The summed E-state index contributed by atoms with van der Waals surface area (Å²) < 4.78 is 0. The summed E-state index contributed by atoms with van der Waals surface area (Å²) >= 11 is 0. The number of nitrogens with two attached hydrogens (primary N) is 1. The molecule has 6 nitrogen and oxygen atoms in total. The van der Waals surface area contributed by atoms with E-state index in [0.29, 0.717) is 18.8 Å². The molecule has 0 aliphatic rings. The van der Waals surface area contributed by atoms with Crippen LogP contribution < -0.4 is 16.4 Å². The molecule has 1 aromatic carbocycles. The van der Waals surface area contributed by atoms with Gasteiger partial charge in [-0.25, -0.2) is 0 Å². The lowest BCUT2D eigenvalue weighted by molar-refractivity contribution is -0.141. The average molecular weight is 279 g/mol. The summed E-state index contributed by atoms with van der Waals surface area (Å²) in [6.45, 7) is 4.54. The number of hydrogen-bond donors (Lipinski definition) is 4. The summed E-state index contributed by atoms with van der Waals surface area (Å²) in [4.78, 5) is 22.9. The number of rotatable bonds is 7. The molecule has 0 heterocycles. The Morgan fingerprint density at radius 3 is 2.60 bits per heavy atom. The highest BCUT2D eigenvalue weighted by atomic mass is 16.4. The fourth-order valence-electron chi connectivity index (χ4n) is 1.84. The number of aryl methyl sites for hydroxylation is 2. The summed E-state index contributed by atoms with van der Waals surface area (Å²) in [5, 5.41) is 14.5. The number of benzene rings is 1. The van der Waals surface area contributed by atoms with Crippen LogP contribution in [0.4, 0.5) is 5.69 Å². The molecule has 0 aliphatic carbocycles. The van der Waals surface area contributed by atoms with E-state index in [4.69, 9.17) is 10.8 Å². The fourth-order valence-corrected chi connectivity index (χ4v) is 1.84. The van der Waals surface area contributed by atoms with Gasteiger partial charge < -0.3 is 21.5 Å². The van der Waals surface area contributed by atoms with E-state index in [9.17, 15) is 9.59 Å². The molecule has 1 amide bonds. The molecular weight excluding hydrogens is 258 g/mol. The van der Waals surface area contributed by atoms with Crippen molar-refractivity contribution < 1.29 is 14.7 Å². The van der Waals surface area contributed by atoms with Gasteiger partial charge in [-0.1, -0.05) is 17.7 Å². The van der Waals surface area contributed by atoms with Crippen molar-refractivity contribution in [2.75, 3.05) is 18.4 Å². The van der Waals surface area contributed by atoms with E-state index < -0.39 is 12.0 Å². The fraction of sp³-hybridized carbons (Fsp3) is 0.429. The molecular formula is C14H21N3O3. The van der Waals surface area contributed by atoms with Crippen LogP contribution in [-0.4, -0.2) is 36.1 Å².